The first kappa shape index (κ1) is 11.8. The zero-order valence-corrected chi connectivity index (χ0v) is 8.04. The van der Waals surface area contributed by atoms with Crippen molar-refractivity contribution in [1.29, 1.82) is 0 Å². The quantitative estimate of drug-likeness (QED) is 0.587. The van der Waals surface area contributed by atoms with E-state index in [0.29, 0.717) is 13.2 Å². The van der Waals surface area contributed by atoms with Gasteiger partial charge in [-0.15, -0.1) is 0 Å². The molecule has 0 saturated heterocycles. The number of hydrogen-bond donors (Lipinski definition) is 2. The van der Waals surface area contributed by atoms with Crippen LogP contribution in [0.3, 0.4) is 0 Å². The maximum absolute atomic E-state index is 8.54. The molecule has 0 aliphatic rings. The third-order valence-corrected chi connectivity index (χ3v) is 1.93. The molecule has 74 valence electrons. The fourth-order valence-corrected chi connectivity index (χ4v) is 0.879. The fraction of sp³-hybridized carbons (Fsp3) is 1.00. The summed E-state index contributed by atoms with van der Waals surface area (Å²) in [4.78, 5) is 0. The largest absolute Gasteiger partial charge is 0.394 e. The van der Waals surface area contributed by atoms with Crippen molar-refractivity contribution >= 4 is 0 Å². The second-order valence-corrected chi connectivity index (χ2v) is 3.13. The third kappa shape index (κ3) is 3.49. The smallest absolute Gasteiger partial charge is 0.0981 e. The van der Waals surface area contributed by atoms with Crippen molar-refractivity contribution in [3.63, 3.8) is 0 Å². The van der Waals surface area contributed by atoms with Crippen molar-refractivity contribution < 1.29 is 14.6 Å². The highest BCUT2D eigenvalue weighted by Gasteiger charge is 2.28. The topological polar surface area (TPSA) is 64.7 Å². The second kappa shape index (κ2) is 5.48. The predicted molar refractivity (Wildman–Crippen MR) is 47.0 cm³/mol. The maximum Gasteiger partial charge on any atom is 0.0981 e. The van der Waals surface area contributed by atoms with Crippen LogP contribution in [0.1, 0.15) is 13.8 Å². The normalized spacial score (nSPS) is 14.8. The Labute approximate surface area is 73.7 Å². The Morgan fingerprint density at radius 1 is 1.50 bits per heavy atom. The fourth-order valence-electron chi connectivity index (χ4n) is 0.879. The van der Waals surface area contributed by atoms with Crippen molar-refractivity contribution in [2.24, 2.45) is 5.73 Å². The molecule has 0 aromatic carbocycles. The zero-order chi connectivity index (χ0) is 9.61. The molecule has 12 heavy (non-hydrogen) atoms. The van der Waals surface area contributed by atoms with E-state index in [9.17, 15) is 0 Å². The number of methoxy groups -OCH3 is 1. The van der Waals surface area contributed by atoms with Gasteiger partial charge in [0.05, 0.1) is 24.9 Å². The Morgan fingerprint density at radius 2 is 2.08 bits per heavy atom. The summed E-state index contributed by atoms with van der Waals surface area (Å²) in [6.07, 6.45) is -0.172. The Morgan fingerprint density at radius 3 is 2.42 bits per heavy atom. The van der Waals surface area contributed by atoms with Crippen molar-refractivity contribution in [3.8, 4) is 0 Å². The van der Waals surface area contributed by atoms with E-state index in [1.54, 1.807) is 7.11 Å². The lowest BCUT2D eigenvalue weighted by Crippen LogP contribution is -2.45. The minimum Gasteiger partial charge on any atom is -0.394 e. The van der Waals surface area contributed by atoms with Crippen molar-refractivity contribution in [2.75, 3.05) is 26.9 Å². The van der Waals surface area contributed by atoms with E-state index in [-0.39, 0.29) is 12.7 Å². The summed E-state index contributed by atoms with van der Waals surface area (Å²) < 4.78 is 10.5. The van der Waals surface area contributed by atoms with Gasteiger partial charge in [0.2, 0.25) is 0 Å². The molecular weight excluding hydrogens is 158 g/mol. The molecule has 0 aliphatic heterocycles. The molecule has 0 fully saturated rings. The van der Waals surface area contributed by atoms with Gasteiger partial charge in [0.25, 0.3) is 0 Å². The minimum absolute atomic E-state index is 0.0102. The molecule has 1 atom stereocenters. The van der Waals surface area contributed by atoms with Crippen LogP contribution >= 0.6 is 0 Å². The Hall–Kier alpha value is -0.160. The summed E-state index contributed by atoms with van der Waals surface area (Å²) >= 11 is 0. The molecule has 4 heteroatoms. The number of ether oxygens (including phenoxy) is 2. The number of nitrogens with two attached hydrogens (primary N) is 1. The molecule has 0 aromatic rings. The molecular formula is C8H19NO3. The van der Waals surface area contributed by atoms with Crippen LogP contribution in [0.25, 0.3) is 0 Å². The van der Waals surface area contributed by atoms with E-state index in [0.717, 1.165) is 0 Å². The van der Waals surface area contributed by atoms with Crippen molar-refractivity contribution in [1.82, 2.24) is 0 Å². The lowest BCUT2D eigenvalue weighted by Gasteiger charge is -2.31. The second-order valence-electron chi connectivity index (χ2n) is 3.13. The molecule has 0 amide bonds. The maximum atomic E-state index is 8.54. The van der Waals surface area contributed by atoms with Crippen molar-refractivity contribution in [3.05, 3.63) is 0 Å². The van der Waals surface area contributed by atoms with Crippen molar-refractivity contribution in [2.45, 2.75) is 25.6 Å². The standard InChI is InChI=1S/C8H19NO3/c1-8(2,11-3)7(6-9)12-5-4-10/h7,10H,4-6,9H2,1-3H3. The average molecular weight is 177 g/mol. The first-order chi connectivity index (χ1) is 5.58. The van der Waals surface area contributed by atoms with E-state index in [2.05, 4.69) is 0 Å². The predicted octanol–water partition coefficient (Wildman–Crippen LogP) is -0.252. The molecule has 0 heterocycles. The lowest BCUT2D eigenvalue weighted by molar-refractivity contribution is -0.109. The molecule has 0 aromatic heterocycles. The molecule has 1 unspecified atom stereocenters. The SMILES string of the molecule is COC(C)(C)C(CN)OCCO. The molecule has 0 spiro atoms. The highest BCUT2D eigenvalue weighted by Crippen LogP contribution is 2.15. The molecule has 0 radical (unpaired) electrons. The van der Waals surface area contributed by atoms with Crippen LogP contribution in [-0.2, 0) is 9.47 Å². The van der Waals surface area contributed by atoms with Gasteiger partial charge in [0.1, 0.15) is 0 Å². The Bertz CT molecular complexity index is 117. The molecule has 4 nitrogen and oxygen atoms in total. The van der Waals surface area contributed by atoms with Gasteiger partial charge in [0, 0.05) is 13.7 Å². The van der Waals surface area contributed by atoms with Gasteiger partial charge in [-0.3, -0.25) is 0 Å². The van der Waals surface area contributed by atoms with Crippen LogP contribution in [0.15, 0.2) is 0 Å². The first-order valence-corrected chi connectivity index (χ1v) is 4.06. The van der Waals surface area contributed by atoms with E-state index in [4.69, 9.17) is 20.3 Å². The number of aliphatic hydroxyl groups excluding tert-OH is 1. The highest BCUT2D eigenvalue weighted by atomic mass is 16.5. The molecule has 3 N–H and O–H groups in total. The van der Waals surface area contributed by atoms with Crippen LogP contribution in [0.5, 0.6) is 0 Å². The zero-order valence-electron chi connectivity index (χ0n) is 8.04. The van der Waals surface area contributed by atoms with Gasteiger partial charge < -0.3 is 20.3 Å². The van der Waals surface area contributed by atoms with E-state index >= 15 is 0 Å². The number of rotatable bonds is 6. The average Bonchev–Trinajstić information content (AvgIpc) is 2.05. The highest BCUT2D eigenvalue weighted by molar-refractivity contribution is 4.80. The summed E-state index contributed by atoms with van der Waals surface area (Å²) in [6, 6.07) is 0. The van der Waals surface area contributed by atoms with Gasteiger partial charge in [0.15, 0.2) is 0 Å². The van der Waals surface area contributed by atoms with Crippen LogP contribution in [0.4, 0.5) is 0 Å². The summed E-state index contributed by atoms with van der Waals surface area (Å²) in [6.45, 7) is 4.51. The molecule has 0 bridgehead atoms. The molecule has 0 aliphatic carbocycles. The minimum atomic E-state index is -0.399. The Kier molecular flexibility index (Phi) is 5.41. The Balaban J connectivity index is 3.95. The third-order valence-electron chi connectivity index (χ3n) is 1.93. The van der Waals surface area contributed by atoms with Gasteiger partial charge in [-0.1, -0.05) is 0 Å². The van der Waals surface area contributed by atoms with E-state index in [1.165, 1.54) is 0 Å². The summed E-state index contributed by atoms with van der Waals surface area (Å²) in [5.74, 6) is 0. The summed E-state index contributed by atoms with van der Waals surface area (Å²) in [7, 11) is 1.62. The summed E-state index contributed by atoms with van der Waals surface area (Å²) in [5, 5.41) is 8.54. The van der Waals surface area contributed by atoms with Crippen LogP contribution in [0, 0.1) is 0 Å². The first-order valence-electron chi connectivity index (χ1n) is 4.06. The van der Waals surface area contributed by atoms with E-state index < -0.39 is 5.60 Å². The molecule has 0 saturated carbocycles. The lowest BCUT2D eigenvalue weighted by atomic mass is 10.0. The van der Waals surface area contributed by atoms with E-state index in [1.807, 2.05) is 13.8 Å². The van der Waals surface area contributed by atoms with Crippen LogP contribution < -0.4 is 5.73 Å². The number of aliphatic hydroxyl groups is 1. The summed E-state index contributed by atoms with van der Waals surface area (Å²) in [5.41, 5.74) is 5.09. The van der Waals surface area contributed by atoms with Gasteiger partial charge in [-0.05, 0) is 13.8 Å². The van der Waals surface area contributed by atoms with Crippen LogP contribution in [-0.4, -0.2) is 43.7 Å². The van der Waals surface area contributed by atoms with Gasteiger partial charge in [-0.25, -0.2) is 0 Å². The molecule has 0 rings (SSSR count). The monoisotopic (exact) mass is 177 g/mol. The van der Waals surface area contributed by atoms with Crippen LogP contribution in [0.2, 0.25) is 0 Å². The number of hydrogen-bond acceptors (Lipinski definition) is 4. The van der Waals surface area contributed by atoms with Gasteiger partial charge in [-0.2, -0.15) is 0 Å². The van der Waals surface area contributed by atoms with Gasteiger partial charge >= 0.3 is 0 Å².